The third kappa shape index (κ3) is 62.0. The molecule has 0 saturated carbocycles. The van der Waals surface area contributed by atoms with Gasteiger partial charge in [0.2, 0.25) is 17.4 Å². The minimum atomic E-state index is -1.23. The quantitative estimate of drug-likeness (QED) is 0.0145. The number of ether oxygens (including phenoxy) is 26. The van der Waals surface area contributed by atoms with E-state index in [1.165, 1.54) is 61.0 Å². The Balaban J connectivity index is 0.0000267. The van der Waals surface area contributed by atoms with Crippen LogP contribution in [0.2, 0.25) is 0 Å². The average Bonchev–Trinajstić information content (AvgIpc) is 0.869. The molecule has 11 N–H and O–H groups in total. The van der Waals surface area contributed by atoms with E-state index in [0.717, 1.165) is 5.56 Å². The molecule has 45 heteroatoms. The molecular weight excluding hydrogens is 2050 g/mol. The number of methoxy groups -OCH3 is 6. The Morgan fingerprint density at radius 2 is 0.520 bits per heavy atom. The van der Waals surface area contributed by atoms with Crippen LogP contribution >= 0.6 is 0 Å². The molecule has 0 aromatic heterocycles. The maximum absolute atomic E-state index is 15.2. The van der Waals surface area contributed by atoms with Crippen molar-refractivity contribution in [2.75, 3.05) is 313 Å². The van der Waals surface area contributed by atoms with E-state index in [1.54, 1.807) is 73.0 Å². The van der Waals surface area contributed by atoms with Crippen LogP contribution < -0.4 is 153 Å². The smallest absolute Gasteiger partial charge is 0.504 e. The van der Waals surface area contributed by atoms with E-state index in [1.807, 2.05) is 12.1 Å². The first kappa shape index (κ1) is 141. The van der Waals surface area contributed by atoms with Crippen molar-refractivity contribution in [1.29, 1.82) is 0 Å². The van der Waals surface area contributed by atoms with Gasteiger partial charge in [0, 0.05) is 107 Å². The van der Waals surface area contributed by atoms with Crippen molar-refractivity contribution in [3.8, 4) is 80.5 Å². The molecule has 821 valence electrons. The second-order valence-electron chi connectivity index (χ2n) is 31.9. The predicted molar refractivity (Wildman–Crippen MR) is 535 cm³/mol. The van der Waals surface area contributed by atoms with Gasteiger partial charge in [-0.3, -0.25) is 19.2 Å². The molecule has 0 atom stereocenters. The molecule has 4 amide bonds. The van der Waals surface area contributed by atoms with Crippen LogP contribution in [0.5, 0.6) is 80.5 Å². The Morgan fingerprint density at radius 3 is 0.784 bits per heavy atom. The van der Waals surface area contributed by atoms with E-state index < -0.39 is 57.6 Å². The van der Waals surface area contributed by atoms with E-state index in [2.05, 4.69) is 40.4 Å². The molecule has 0 fully saturated rings. The molecule has 0 unspecified atom stereocenters. The minimum Gasteiger partial charge on any atom is -0.504 e. The van der Waals surface area contributed by atoms with Crippen molar-refractivity contribution in [2.45, 2.75) is 98.8 Å². The summed E-state index contributed by atoms with van der Waals surface area (Å²) < 4.78 is 152. The summed E-state index contributed by atoms with van der Waals surface area (Å²) in [6.45, 7) is 16.1. The van der Waals surface area contributed by atoms with Gasteiger partial charge in [0.1, 0.15) is 64.4 Å². The summed E-state index contributed by atoms with van der Waals surface area (Å²) in [6, 6.07) is 24.8. The third-order valence-corrected chi connectivity index (χ3v) is 20.6. The van der Waals surface area contributed by atoms with Crippen molar-refractivity contribution in [1.82, 2.24) is 26.6 Å². The van der Waals surface area contributed by atoms with E-state index >= 15 is 4.79 Å². The molecule has 0 bridgehead atoms. The maximum atomic E-state index is 15.2. The normalized spacial score (nSPS) is 10.9. The van der Waals surface area contributed by atoms with Gasteiger partial charge in [-0.2, -0.15) is 0 Å². The number of hydrogen-bond donors (Lipinski definition) is 11. The number of carbonyl (C=O) groups excluding carboxylic acids is 4. The maximum Gasteiger partial charge on any atom is 1.00 e. The summed E-state index contributed by atoms with van der Waals surface area (Å²) in [5.41, 5.74) is 0.263. The Hall–Kier alpha value is -6.71. The molecule has 0 aliphatic carbocycles. The van der Waals surface area contributed by atoms with Gasteiger partial charge >= 0.3 is 88.7 Å². The van der Waals surface area contributed by atoms with Crippen molar-refractivity contribution in [3.63, 3.8) is 0 Å². The Labute approximate surface area is 952 Å². The van der Waals surface area contributed by atoms with Gasteiger partial charge < -0.3 is 180 Å². The predicted octanol–water partition coefficient (Wildman–Crippen LogP) is 1.09. The van der Waals surface area contributed by atoms with Gasteiger partial charge in [0.25, 0.3) is 17.7 Å². The summed E-state index contributed by atoms with van der Waals surface area (Å²) in [5, 5.41) is 77.3. The molecule has 0 aliphatic rings. The molecule has 0 heterocycles. The van der Waals surface area contributed by atoms with Crippen LogP contribution in [0.4, 0.5) is 0 Å². The minimum absolute atomic E-state index is 0. The molecule has 0 aliphatic heterocycles. The first-order valence-corrected chi connectivity index (χ1v) is 48.6. The fraction of sp³-hybridized carbons (Fsp3) is 0.612. The number of phenols is 6. The first-order chi connectivity index (χ1) is 69.9. The van der Waals surface area contributed by atoms with E-state index in [-0.39, 0.29) is 296 Å². The summed E-state index contributed by atoms with van der Waals surface area (Å²) in [7, 11) is 9.62. The van der Waals surface area contributed by atoms with Crippen LogP contribution in [0, 0.1) is 5.41 Å². The number of hydrogen-bond acceptors (Lipinski definition) is 37. The van der Waals surface area contributed by atoms with Gasteiger partial charge in [-0.1, -0.05) is 45.9 Å². The molecule has 148 heavy (non-hydrogen) atoms. The summed E-state index contributed by atoms with van der Waals surface area (Å²) in [5.74, 6) is -2.93. The standard InChI is InChI=1S/C99H149N5O36.C3H8.CH4.3Na.Tc/c1-115-29-35-121-41-47-127-53-59-133-86-67-76(68-87(134-60-54-128-48-42-122-36-30-116-2)93(86)137-63-57-131-51-45-125-39-33-119-5)73-139-78-65-75(66-79(71-78)140-74-77-69-88(135-61-55-129-49-43-123-37-31-117-3)94(138-64-58-132-52-46-126-40-34-120-6)89(70-77)136-62-56-130-50-44-124-38-32-118-4)72-100-24-7-8-25-104-98(114)99(21-12-26-101-95(111)80-15-9-18-83(105)90(80)108,22-13-27-102-96(112)81-16-10-19-84(106)91(81)109)23-14-28-103-97(113)82-17-11-20-85(107)92(82)110;1-3-2;;;;;/h9-11,15-20,65-71,100,105-110H,7-8,12-14,21-64,72-74H2,1-6H3,(H,101,111)(H,102,112)(H,103,113)(H,104,114);3H2,1-2H3;1H4;;;;/q;;;3*+1;. The van der Waals surface area contributed by atoms with E-state index in [4.69, 9.17) is 123 Å². The average molecular weight is 2210 g/mol. The topological polar surface area (TPSA) is 490 Å². The molecule has 6 aromatic rings. The van der Waals surface area contributed by atoms with Gasteiger partial charge in [-0.15, -0.1) is 0 Å². The summed E-state index contributed by atoms with van der Waals surface area (Å²) in [6.07, 6.45) is 3.42. The molecule has 6 aromatic carbocycles. The number of benzene rings is 6. The van der Waals surface area contributed by atoms with Gasteiger partial charge in [0.05, 0.1) is 215 Å². The zero-order valence-electron chi connectivity index (χ0n) is 88.0. The Bertz CT molecular complexity index is 3980. The van der Waals surface area contributed by atoms with Crippen LogP contribution in [0.1, 0.15) is 127 Å². The zero-order chi connectivity index (χ0) is 103. The SMILES string of the molecule is C.CCC.COCCOCCOCCOc1cc(COc2cc(CNCCCCNC(=O)C(CCCNC(=O)c3cccc(O)c3O)(CCCNC(=O)c3cccc(O)c3O)CCCNC(=O)c3cccc(O)c3O)cc(OCc3cc(OCCOCCOCCOC)c(OCCOCCOCCOC)c(OCCOCCOCCOC)c3)c2)cc(OCCOCCOCCOC)c1OCCOCCOCCOC.[Na+].[Na+].[Na+].[Tc]. The first-order valence-electron chi connectivity index (χ1n) is 48.6. The number of rotatable bonds is 89. The second kappa shape index (κ2) is 92.8. The van der Waals surface area contributed by atoms with Gasteiger partial charge in [-0.05, 0) is 147 Å². The second-order valence-corrected chi connectivity index (χ2v) is 31.9. The number of para-hydroxylation sites is 3. The van der Waals surface area contributed by atoms with Crippen molar-refractivity contribution in [2.24, 2.45) is 5.41 Å². The van der Waals surface area contributed by atoms with Crippen LogP contribution in [0.15, 0.2) is 97.1 Å². The van der Waals surface area contributed by atoms with E-state index in [0.29, 0.717) is 242 Å². The molecule has 1 radical (unpaired) electrons. The zero-order valence-corrected chi connectivity index (χ0v) is 95.9. The molecule has 41 nitrogen and oxygen atoms in total. The number of aromatic hydroxyl groups is 6. The molecule has 6 rings (SSSR count). The largest absolute Gasteiger partial charge is 1.00 e. The summed E-state index contributed by atoms with van der Waals surface area (Å²) >= 11 is 0. The van der Waals surface area contributed by atoms with Gasteiger partial charge in [0.15, 0.2) is 57.5 Å². The van der Waals surface area contributed by atoms with E-state index in [9.17, 15) is 45.0 Å². The van der Waals surface area contributed by atoms with Crippen LogP contribution in [-0.2, 0) is 130 Å². The number of nitrogens with one attached hydrogen (secondary N) is 5. The Morgan fingerprint density at radius 1 is 0.284 bits per heavy atom. The van der Waals surface area contributed by atoms with Crippen LogP contribution in [0.25, 0.3) is 0 Å². The fourth-order valence-corrected chi connectivity index (χ4v) is 13.4. The van der Waals surface area contributed by atoms with Crippen LogP contribution in [-0.4, -0.2) is 367 Å². The van der Waals surface area contributed by atoms with Crippen LogP contribution in [0.3, 0.4) is 0 Å². The third-order valence-electron chi connectivity index (χ3n) is 20.6. The monoisotopic (exact) mass is 2210 g/mol. The summed E-state index contributed by atoms with van der Waals surface area (Å²) in [4.78, 5) is 55.4. The van der Waals surface area contributed by atoms with Crippen molar-refractivity contribution in [3.05, 3.63) is 130 Å². The van der Waals surface area contributed by atoms with Gasteiger partial charge in [-0.25, -0.2) is 0 Å². The molecule has 0 saturated heterocycles. The molecular formula is C103H161N5Na3O36Tc+3. The number of carbonyl (C=O) groups is 4. The van der Waals surface area contributed by atoms with Crippen molar-refractivity contribution < 1.29 is 282 Å². The van der Waals surface area contributed by atoms with Crippen molar-refractivity contribution >= 4 is 23.6 Å². The Kier molecular flexibility index (Phi) is 88.6. The number of phenolic OH excluding ortho intramolecular Hbond substituents is 6. The molecule has 0 spiro atoms. The fourth-order valence-electron chi connectivity index (χ4n) is 13.4. The number of unbranched alkanes of at least 4 members (excludes halogenated alkanes) is 1. The number of amides is 4.